The number of hydrogen-bond acceptors (Lipinski definition) is 5. The van der Waals surface area contributed by atoms with Gasteiger partial charge in [-0.2, -0.15) is 0 Å². The number of piperazine rings is 1. The zero-order valence-corrected chi connectivity index (χ0v) is 17.3. The Hall–Kier alpha value is -3.42. The topological polar surface area (TPSA) is 95.8 Å². The summed E-state index contributed by atoms with van der Waals surface area (Å²) in [7, 11) is 0. The molecule has 0 aliphatic carbocycles. The van der Waals surface area contributed by atoms with Crippen LogP contribution in [0.5, 0.6) is 0 Å². The van der Waals surface area contributed by atoms with E-state index in [1.807, 2.05) is 30.0 Å². The molecule has 2 aromatic rings. The van der Waals surface area contributed by atoms with E-state index < -0.39 is 4.92 Å². The minimum Gasteiger partial charge on any atom is -0.362 e. The molecule has 1 aliphatic rings. The van der Waals surface area contributed by atoms with E-state index in [1.165, 1.54) is 13.0 Å². The van der Waals surface area contributed by atoms with Crippen LogP contribution in [0.25, 0.3) is 0 Å². The Labute approximate surface area is 175 Å². The summed E-state index contributed by atoms with van der Waals surface area (Å²) in [5.74, 6) is -0.333. The highest BCUT2D eigenvalue weighted by Gasteiger charge is 2.25. The largest absolute Gasteiger partial charge is 0.362 e. The van der Waals surface area contributed by atoms with Crippen LogP contribution in [-0.4, -0.2) is 54.4 Å². The Balaban J connectivity index is 1.66. The van der Waals surface area contributed by atoms with Crippen LogP contribution in [0.15, 0.2) is 42.5 Å². The molecule has 1 aliphatic heterocycles. The molecule has 2 amide bonds. The monoisotopic (exact) mass is 410 g/mol. The van der Waals surface area contributed by atoms with Crippen molar-refractivity contribution in [1.82, 2.24) is 10.2 Å². The molecule has 1 N–H and O–H groups in total. The number of nitrogens with one attached hydrogen (secondary N) is 1. The number of aryl methyl sites for hydroxylation is 1. The Bertz CT molecular complexity index is 952. The summed E-state index contributed by atoms with van der Waals surface area (Å²) in [6.07, 6.45) is 0.689. The van der Waals surface area contributed by atoms with Crippen LogP contribution in [0.3, 0.4) is 0 Å². The number of nitrogens with zero attached hydrogens (tertiary/aromatic N) is 3. The van der Waals surface area contributed by atoms with Crippen LogP contribution >= 0.6 is 0 Å². The van der Waals surface area contributed by atoms with Gasteiger partial charge in [-0.15, -0.1) is 0 Å². The average Bonchev–Trinajstić information content (AvgIpc) is 2.73. The molecule has 0 spiro atoms. The average molecular weight is 410 g/mol. The molecule has 1 fully saturated rings. The molecule has 30 heavy (non-hydrogen) atoms. The number of hydrogen-bond donors (Lipinski definition) is 1. The van der Waals surface area contributed by atoms with E-state index >= 15 is 0 Å². The van der Waals surface area contributed by atoms with Crippen molar-refractivity contribution in [3.8, 4) is 0 Å². The summed E-state index contributed by atoms with van der Waals surface area (Å²) < 4.78 is 0. The summed E-state index contributed by atoms with van der Waals surface area (Å²) in [5, 5.41) is 14.5. The molecule has 8 nitrogen and oxygen atoms in total. The van der Waals surface area contributed by atoms with Gasteiger partial charge in [0.1, 0.15) is 5.69 Å². The van der Waals surface area contributed by atoms with Gasteiger partial charge in [0.25, 0.3) is 11.6 Å². The van der Waals surface area contributed by atoms with Gasteiger partial charge in [-0.1, -0.05) is 29.8 Å². The van der Waals surface area contributed by atoms with Crippen molar-refractivity contribution in [2.75, 3.05) is 37.6 Å². The third-order valence-electron chi connectivity index (χ3n) is 5.28. The van der Waals surface area contributed by atoms with Crippen LogP contribution in [0, 0.1) is 17.0 Å². The maximum absolute atomic E-state index is 12.5. The predicted molar refractivity (Wildman–Crippen MR) is 115 cm³/mol. The van der Waals surface area contributed by atoms with Gasteiger partial charge >= 0.3 is 0 Å². The van der Waals surface area contributed by atoms with Crippen molar-refractivity contribution in [3.63, 3.8) is 0 Å². The lowest BCUT2D eigenvalue weighted by Crippen LogP contribution is -2.48. The number of rotatable bonds is 6. The molecule has 0 atom stereocenters. The minimum atomic E-state index is -0.462. The molecule has 2 aromatic carbocycles. The zero-order valence-electron chi connectivity index (χ0n) is 17.3. The lowest BCUT2D eigenvalue weighted by atomic mass is 10.1. The predicted octanol–water partition coefficient (Wildman–Crippen LogP) is 2.54. The highest BCUT2D eigenvalue weighted by molar-refractivity contribution is 5.95. The first-order chi connectivity index (χ1) is 14.3. The summed E-state index contributed by atoms with van der Waals surface area (Å²) in [6.45, 7) is 6.06. The van der Waals surface area contributed by atoms with Crippen molar-refractivity contribution in [3.05, 3.63) is 69.3 Å². The van der Waals surface area contributed by atoms with E-state index in [4.69, 9.17) is 0 Å². The molecular weight excluding hydrogens is 384 g/mol. The summed E-state index contributed by atoms with van der Waals surface area (Å²) >= 11 is 0. The van der Waals surface area contributed by atoms with Crippen LogP contribution in [0.2, 0.25) is 0 Å². The lowest BCUT2D eigenvalue weighted by molar-refractivity contribution is -0.384. The van der Waals surface area contributed by atoms with Gasteiger partial charge in [-0.05, 0) is 31.0 Å². The van der Waals surface area contributed by atoms with E-state index in [-0.39, 0.29) is 23.1 Å². The SMILES string of the molecule is CC(=O)N1CCN(c2ccc(C(=O)NCCc3cccc(C)c3)cc2[N+](=O)[O-])CC1. The number of carbonyl (C=O) groups is 2. The molecule has 8 heteroatoms. The molecule has 0 bridgehead atoms. The van der Waals surface area contributed by atoms with Gasteiger partial charge in [0.05, 0.1) is 4.92 Å². The van der Waals surface area contributed by atoms with Crippen LogP contribution in [0.1, 0.15) is 28.4 Å². The van der Waals surface area contributed by atoms with Gasteiger partial charge in [-0.3, -0.25) is 19.7 Å². The van der Waals surface area contributed by atoms with Crippen molar-refractivity contribution in [2.24, 2.45) is 0 Å². The number of nitro benzene ring substituents is 1. The number of anilines is 1. The molecular formula is C22H26N4O4. The van der Waals surface area contributed by atoms with E-state index in [0.29, 0.717) is 44.8 Å². The van der Waals surface area contributed by atoms with Gasteiger partial charge in [0, 0.05) is 51.3 Å². The fraction of sp³-hybridized carbons (Fsp3) is 0.364. The Morgan fingerprint density at radius 1 is 1.10 bits per heavy atom. The third kappa shape index (κ3) is 5.14. The van der Waals surface area contributed by atoms with Crippen molar-refractivity contribution in [1.29, 1.82) is 0 Å². The number of benzene rings is 2. The normalized spacial score (nSPS) is 13.8. The molecule has 0 unspecified atom stereocenters. The number of amides is 2. The van der Waals surface area contributed by atoms with Gasteiger partial charge in [0.2, 0.25) is 5.91 Å². The van der Waals surface area contributed by atoms with E-state index in [9.17, 15) is 19.7 Å². The fourth-order valence-corrected chi connectivity index (χ4v) is 3.63. The maximum atomic E-state index is 12.5. The second-order valence-electron chi connectivity index (χ2n) is 7.45. The Morgan fingerprint density at radius 2 is 1.83 bits per heavy atom. The van der Waals surface area contributed by atoms with Crippen LogP contribution < -0.4 is 10.2 Å². The summed E-state index contributed by atoms with van der Waals surface area (Å²) in [6, 6.07) is 12.6. The number of carbonyl (C=O) groups excluding carboxylic acids is 2. The van der Waals surface area contributed by atoms with Crippen molar-refractivity contribution >= 4 is 23.2 Å². The second kappa shape index (κ2) is 9.39. The fourth-order valence-electron chi connectivity index (χ4n) is 3.63. The molecule has 0 aromatic heterocycles. The van der Waals surface area contributed by atoms with E-state index in [2.05, 4.69) is 11.4 Å². The van der Waals surface area contributed by atoms with Gasteiger partial charge in [-0.25, -0.2) is 0 Å². The van der Waals surface area contributed by atoms with E-state index in [0.717, 1.165) is 11.1 Å². The Kier molecular flexibility index (Phi) is 6.66. The van der Waals surface area contributed by atoms with Crippen molar-refractivity contribution in [2.45, 2.75) is 20.3 Å². The first kappa shape index (κ1) is 21.3. The first-order valence-corrected chi connectivity index (χ1v) is 9.98. The maximum Gasteiger partial charge on any atom is 0.293 e. The minimum absolute atomic E-state index is 0.00170. The molecule has 1 saturated heterocycles. The standard InChI is InChI=1S/C22H26N4O4/c1-16-4-3-5-18(14-16)8-9-23-22(28)19-6-7-20(21(15-19)26(29)30)25-12-10-24(11-13-25)17(2)27/h3-7,14-15H,8-13H2,1-2H3,(H,23,28). The molecule has 0 saturated carbocycles. The van der Waals surface area contributed by atoms with Crippen LogP contribution in [0.4, 0.5) is 11.4 Å². The van der Waals surface area contributed by atoms with Crippen molar-refractivity contribution < 1.29 is 14.5 Å². The first-order valence-electron chi connectivity index (χ1n) is 9.98. The Morgan fingerprint density at radius 3 is 2.47 bits per heavy atom. The lowest BCUT2D eigenvalue weighted by Gasteiger charge is -2.35. The summed E-state index contributed by atoms with van der Waals surface area (Å²) in [4.78, 5) is 38.7. The molecule has 0 radical (unpaired) electrons. The van der Waals surface area contributed by atoms with Gasteiger partial charge in [0.15, 0.2) is 0 Å². The summed E-state index contributed by atoms with van der Waals surface area (Å²) in [5.41, 5.74) is 2.92. The number of nitro groups is 1. The molecule has 158 valence electrons. The third-order valence-corrected chi connectivity index (χ3v) is 5.28. The second-order valence-corrected chi connectivity index (χ2v) is 7.45. The van der Waals surface area contributed by atoms with Gasteiger partial charge < -0.3 is 15.1 Å². The zero-order chi connectivity index (χ0) is 21.7. The van der Waals surface area contributed by atoms with E-state index in [1.54, 1.807) is 17.0 Å². The smallest absolute Gasteiger partial charge is 0.293 e. The molecule has 3 rings (SSSR count). The highest BCUT2D eigenvalue weighted by atomic mass is 16.6. The quantitative estimate of drug-likeness (QED) is 0.583. The van der Waals surface area contributed by atoms with Crippen LogP contribution in [-0.2, 0) is 11.2 Å². The molecule has 1 heterocycles. The highest BCUT2D eigenvalue weighted by Crippen LogP contribution is 2.30.